The summed E-state index contributed by atoms with van der Waals surface area (Å²) in [5.41, 5.74) is 1.41. The van der Waals surface area contributed by atoms with Crippen molar-refractivity contribution >= 4 is 54.7 Å². The fourth-order valence-corrected chi connectivity index (χ4v) is 5.76. The maximum atomic E-state index is 13.6. The number of anilines is 2. The second kappa shape index (κ2) is 11.1. The molecule has 198 valence electrons. The van der Waals surface area contributed by atoms with Crippen LogP contribution >= 0.6 is 11.3 Å². The Morgan fingerprint density at radius 1 is 0.921 bits per heavy atom. The molecule has 0 bridgehead atoms. The molecule has 0 saturated carbocycles. The lowest BCUT2D eigenvalue weighted by molar-refractivity contribution is 0.0606. The number of nitrogens with one attached hydrogen (secondary N) is 1. The smallest absolute Gasteiger partial charge is 0.348 e. The molecule has 0 unspecified atom stereocenters. The number of hydrogen-bond acceptors (Lipinski definition) is 8. The SMILES string of the molecule is COC(=O)c1cc2cc(NC(=O)c3cc(OC)c(OC)cc3N(Cc3ccccc3)S(C)(=O)=O)ccc2s1. The lowest BCUT2D eigenvalue weighted by atomic mass is 10.1. The molecule has 0 aliphatic rings. The number of amides is 1. The Balaban J connectivity index is 1.77. The van der Waals surface area contributed by atoms with Crippen LogP contribution in [0.2, 0.25) is 0 Å². The van der Waals surface area contributed by atoms with E-state index in [9.17, 15) is 18.0 Å². The Kier molecular flexibility index (Phi) is 7.88. The Labute approximate surface area is 224 Å². The second-order valence-electron chi connectivity index (χ2n) is 8.29. The number of ether oxygens (including phenoxy) is 3. The molecule has 9 nitrogen and oxygen atoms in total. The van der Waals surface area contributed by atoms with Crippen molar-refractivity contribution < 1.29 is 32.2 Å². The summed E-state index contributed by atoms with van der Waals surface area (Å²) in [7, 11) is 0.368. The first-order valence-electron chi connectivity index (χ1n) is 11.4. The number of methoxy groups -OCH3 is 3. The molecule has 4 aromatic rings. The van der Waals surface area contributed by atoms with Gasteiger partial charge >= 0.3 is 5.97 Å². The summed E-state index contributed by atoms with van der Waals surface area (Å²) in [5, 5.41) is 3.59. The van der Waals surface area contributed by atoms with E-state index in [1.165, 1.54) is 44.8 Å². The average molecular weight is 555 g/mol. The van der Waals surface area contributed by atoms with E-state index in [0.717, 1.165) is 26.2 Å². The summed E-state index contributed by atoms with van der Waals surface area (Å²) in [6.45, 7) is 0.00655. The van der Waals surface area contributed by atoms with Gasteiger partial charge in [0, 0.05) is 16.5 Å². The first-order chi connectivity index (χ1) is 18.1. The van der Waals surface area contributed by atoms with Crippen LogP contribution in [0.4, 0.5) is 11.4 Å². The van der Waals surface area contributed by atoms with Gasteiger partial charge in [-0.1, -0.05) is 30.3 Å². The molecule has 0 atom stereocenters. The Morgan fingerprint density at radius 3 is 2.24 bits per heavy atom. The van der Waals surface area contributed by atoms with Gasteiger partial charge in [-0.25, -0.2) is 13.2 Å². The number of esters is 1. The molecule has 0 fully saturated rings. The van der Waals surface area contributed by atoms with Crippen LogP contribution in [-0.4, -0.2) is 47.9 Å². The highest BCUT2D eigenvalue weighted by molar-refractivity contribution is 7.92. The van der Waals surface area contributed by atoms with Gasteiger partial charge in [-0.2, -0.15) is 0 Å². The fraction of sp³-hybridized carbons (Fsp3) is 0.185. The minimum Gasteiger partial charge on any atom is -0.493 e. The van der Waals surface area contributed by atoms with E-state index in [2.05, 4.69) is 5.32 Å². The van der Waals surface area contributed by atoms with Crippen LogP contribution in [0.15, 0.2) is 66.7 Å². The maximum absolute atomic E-state index is 13.6. The molecule has 4 rings (SSSR count). The molecule has 0 saturated heterocycles. The van der Waals surface area contributed by atoms with E-state index >= 15 is 0 Å². The fourth-order valence-electron chi connectivity index (χ4n) is 3.91. The Hall–Kier alpha value is -4.09. The highest BCUT2D eigenvalue weighted by Crippen LogP contribution is 2.37. The van der Waals surface area contributed by atoms with Crippen LogP contribution in [0.3, 0.4) is 0 Å². The molecule has 11 heteroatoms. The van der Waals surface area contributed by atoms with E-state index in [-0.39, 0.29) is 29.3 Å². The van der Waals surface area contributed by atoms with Gasteiger partial charge in [0.25, 0.3) is 5.91 Å². The summed E-state index contributed by atoms with van der Waals surface area (Å²) >= 11 is 1.28. The zero-order chi connectivity index (χ0) is 27.4. The Morgan fingerprint density at radius 2 is 1.61 bits per heavy atom. The number of hydrogen-bond donors (Lipinski definition) is 1. The van der Waals surface area contributed by atoms with Crippen molar-refractivity contribution in [1.29, 1.82) is 0 Å². The maximum Gasteiger partial charge on any atom is 0.348 e. The molecule has 1 amide bonds. The van der Waals surface area contributed by atoms with Crippen LogP contribution in [0.1, 0.15) is 25.6 Å². The van der Waals surface area contributed by atoms with Crippen molar-refractivity contribution in [3.05, 3.63) is 82.7 Å². The number of nitrogens with zero attached hydrogens (tertiary/aromatic N) is 1. The topological polar surface area (TPSA) is 111 Å². The standard InChI is InChI=1S/C27H26N2O7S2/c1-34-22-14-20(26(30)28-19-10-11-24-18(12-19)13-25(37-24)27(31)36-3)21(15-23(22)35-2)29(38(4,32)33)16-17-8-6-5-7-9-17/h5-15H,16H2,1-4H3,(H,28,30). The average Bonchev–Trinajstić information content (AvgIpc) is 3.34. The number of carbonyl (C=O) groups is 2. The summed E-state index contributed by atoms with van der Waals surface area (Å²) in [6, 6.07) is 18.9. The van der Waals surface area contributed by atoms with Gasteiger partial charge in [0.2, 0.25) is 10.0 Å². The first-order valence-corrected chi connectivity index (χ1v) is 14.0. The van der Waals surface area contributed by atoms with Gasteiger partial charge in [-0.15, -0.1) is 11.3 Å². The molecule has 0 spiro atoms. The van der Waals surface area contributed by atoms with Crippen LogP contribution in [-0.2, 0) is 21.3 Å². The van der Waals surface area contributed by atoms with Crippen molar-refractivity contribution in [1.82, 2.24) is 0 Å². The van der Waals surface area contributed by atoms with Crippen LogP contribution in [0, 0.1) is 0 Å². The monoisotopic (exact) mass is 554 g/mol. The van der Waals surface area contributed by atoms with Crippen LogP contribution in [0.5, 0.6) is 11.5 Å². The molecular weight excluding hydrogens is 528 g/mol. The van der Waals surface area contributed by atoms with Crippen LogP contribution < -0.4 is 19.1 Å². The van der Waals surface area contributed by atoms with Gasteiger partial charge in [-0.05, 0) is 41.3 Å². The number of carbonyl (C=O) groups excluding carboxylic acids is 2. The van der Waals surface area contributed by atoms with Crippen molar-refractivity contribution in [2.45, 2.75) is 6.54 Å². The Bertz CT molecular complexity index is 1600. The molecule has 1 N–H and O–H groups in total. The third kappa shape index (κ3) is 5.74. The second-order valence-corrected chi connectivity index (χ2v) is 11.3. The van der Waals surface area contributed by atoms with Gasteiger partial charge in [0.1, 0.15) is 4.88 Å². The van der Waals surface area contributed by atoms with Crippen molar-refractivity contribution in [2.75, 3.05) is 37.2 Å². The third-order valence-corrected chi connectivity index (χ3v) is 7.97. The van der Waals surface area contributed by atoms with Gasteiger partial charge in [-0.3, -0.25) is 9.10 Å². The largest absolute Gasteiger partial charge is 0.493 e. The predicted octanol–water partition coefficient (Wildman–Crippen LogP) is 4.92. The van der Waals surface area contributed by atoms with E-state index in [4.69, 9.17) is 14.2 Å². The number of benzene rings is 3. The molecule has 0 aliphatic carbocycles. The van der Waals surface area contributed by atoms with Gasteiger partial charge in [0.05, 0.1) is 45.4 Å². The van der Waals surface area contributed by atoms with E-state index in [1.54, 1.807) is 36.4 Å². The predicted molar refractivity (Wildman–Crippen MR) is 148 cm³/mol. The minimum atomic E-state index is -3.81. The summed E-state index contributed by atoms with van der Waals surface area (Å²) < 4.78 is 43.5. The zero-order valence-corrected chi connectivity index (χ0v) is 22.8. The number of rotatable bonds is 9. The molecule has 1 heterocycles. The molecule has 0 aliphatic heterocycles. The summed E-state index contributed by atoms with van der Waals surface area (Å²) in [5.74, 6) is -0.446. The normalized spacial score (nSPS) is 11.2. The molecule has 1 aromatic heterocycles. The van der Waals surface area contributed by atoms with Gasteiger partial charge in [0.15, 0.2) is 11.5 Å². The minimum absolute atomic E-state index is 0.00655. The van der Waals surface area contributed by atoms with E-state index < -0.39 is 21.9 Å². The highest BCUT2D eigenvalue weighted by atomic mass is 32.2. The van der Waals surface area contributed by atoms with Gasteiger partial charge < -0.3 is 19.5 Å². The summed E-state index contributed by atoms with van der Waals surface area (Å²) in [6.07, 6.45) is 1.08. The van der Waals surface area contributed by atoms with Crippen LogP contribution in [0.25, 0.3) is 10.1 Å². The highest BCUT2D eigenvalue weighted by Gasteiger charge is 2.27. The molecule has 38 heavy (non-hydrogen) atoms. The quantitative estimate of drug-likeness (QED) is 0.292. The van der Waals surface area contributed by atoms with E-state index in [1.807, 2.05) is 18.2 Å². The third-order valence-electron chi connectivity index (χ3n) is 5.75. The number of thiophene rings is 1. The zero-order valence-electron chi connectivity index (χ0n) is 21.2. The molecule has 0 radical (unpaired) electrons. The van der Waals surface area contributed by atoms with Crippen molar-refractivity contribution in [2.24, 2.45) is 0 Å². The van der Waals surface area contributed by atoms with E-state index in [0.29, 0.717) is 10.6 Å². The number of sulfonamides is 1. The lowest BCUT2D eigenvalue weighted by Gasteiger charge is -2.26. The summed E-state index contributed by atoms with van der Waals surface area (Å²) in [4.78, 5) is 25.9. The van der Waals surface area contributed by atoms with Crippen molar-refractivity contribution in [3.8, 4) is 11.5 Å². The lowest BCUT2D eigenvalue weighted by Crippen LogP contribution is -2.31. The molecular formula is C27H26N2O7S2. The number of fused-ring (bicyclic) bond motifs is 1. The first kappa shape index (κ1) is 27.0. The van der Waals surface area contributed by atoms with Crippen molar-refractivity contribution in [3.63, 3.8) is 0 Å². The molecule has 3 aromatic carbocycles.